The largest absolute Gasteiger partial charge is 0.453 e. The van der Waals surface area contributed by atoms with Crippen LogP contribution in [0, 0.1) is 6.92 Å². The smallest absolute Gasteiger partial charge is 0.307 e. The predicted molar refractivity (Wildman–Crippen MR) is 114 cm³/mol. The van der Waals surface area contributed by atoms with Crippen LogP contribution in [0.4, 0.5) is 5.69 Å². The Morgan fingerprint density at radius 1 is 1.17 bits per heavy atom. The molecular weight excluding hydrogens is 428 g/mol. The van der Waals surface area contributed by atoms with E-state index in [1.165, 1.54) is 44.5 Å². The first-order chi connectivity index (χ1) is 14.0. The van der Waals surface area contributed by atoms with Gasteiger partial charge in [-0.3, -0.25) is 14.4 Å². The van der Waals surface area contributed by atoms with E-state index >= 15 is 0 Å². The molecule has 1 atom stereocenters. The van der Waals surface area contributed by atoms with Crippen LogP contribution >= 0.6 is 11.3 Å². The van der Waals surface area contributed by atoms with E-state index in [0.717, 1.165) is 4.31 Å². The van der Waals surface area contributed by atoms with Crippen LogP contribution in [0.25, 0.3) is 0 Å². The number of hydrogen-bond acceptors (Lipinski definition) is 7. The molecule has 1 aromatic carbocycles. The molecule has 0 saturated heterocycles. The van der Waals surface area contributed by atoms with Crippen LogP contribution in [-0.2, 0) is 24.3 Å². The van der Waals surface area contributed by atoms with E-state index in [4.69, 9.17) is 4.74 Å². The Hall–Kier alpha value is -2.56. The van der Waals surface area contributed by atoms with Crippen LogP contribution in [0.2, 0.25) is 0 Å². The molecule has 0 aliphatic heterocycles. The number of benzene rings is 1. The summed E-state index contributed by atoms with van der Waals surface area (Å²) in [5.41, 5.74) is 0.958. The third kappa shape index (κ3) is 5.97. The Kier molecular flexibility index (Phi) is 7.88. The van der Waals surface area contributed by atoms with E-state index in [2.05, 4.69) is 5.32 Å². The van der Waals surface area contributed by atoms with Gasteiger partial charge in [-0.05, 0) is 43.0 Å². The average Bonchev–Trinajstić information content (AvgIpc) is 3.22. The number of anilines is 1. The lowest BCUT2D eigenvalue weighted by Gasteiger charge is -2.16. The van der Waals surface area contributed by atoms with Gasteiger partial charge in [-0.15, -0.1) is 11.3 Å². The minimum absolute atomic E-state index is 0.00274. The van der Waals surface area contributed by atoms with Gasteiger partial charge >= 0.3 is 5.97 Å². The molecule has 0 fully saturated rings. The number of thiophene rings is 1. The van der Waals surface area contributed by atoms with Crippen molar-refractivity contribution in [1.29, 1.82) is 0 Å². The van der Waals surface area contributed by atoms with Gasteiger partial charge in [0.05, 0.1) is 16.2 Å². The third-order valence-corrected chi connectivity index (χ3v) is 7.00. The highest BCUT2D eigenvalue weighted by Gasteiger charge is 2.22. The second-order valence-electron chi connectivity index (χ2n) is 6.79. The van der Waals surface area contributed by atoms with Crippen LogP contribution < -0.4 is 5.32 Å². The molecule has 30 heavy (non-hydrogen) atoms. The minimum atomic E-state index is -3.66. The second kappa shape index (κ2) is 9.96. The summed E-state index contributed by atoms with van der Waals surface area (Å²) in [6.45, 7) is 3.12. The number of nitrogens with zero attached hydrogens (tertiary/aromatic N) is 1. The molecule has 1 aromatic heterocycles. The van der Waals surface area contributed by atoms with Crippen molar-refractivity contribution in [2.24, 2.45) is 0 Å². The van der Waals surface area contributed by atoms with E-state index in [1.807, 2.05) is 0 Å². The van der Waals surface area contributed by atoms with Gasteiger partial charge in [0.1, 0.15) is 0 Å². The third-order valence-electron chi connectivity index (χ3n) is 4.28. The minimum Gasteiger partial charge on any atom is -0.453 e. The zero-order chi connectivity index (χ0) is 22.5. The molecule has 10 heteroatoms. The molecule has 0 aliphatic rings. The maximum atomic E-state index is 12.4. The molecule has 0 spiro atoms. The van der Waals surface area contributed by atoms with Crippen molar-refractivity contribution in [2.45, 2.75) is 37.7 Å². The summed E-state index contributed by atoms with van der Waals surface area (Å²) < 4.78 is 30.8. The van der Waals surface area contributed by atoms with Crippen molar-refractivity contribution in [3.8, 4) is 0 Å². The number of rotatable bonds is 9. The first-order valence-corrected chi connectivity index (χ1v) is 11.4. The quantitative estimate of drug-likeness (QED) is 0.463. The Morgan fingerprint density at radius 3 is 2.47 bits per heavy atom. The number of amides is 1. The highest BCUT2D eigenvalue weighted by molar-refractivity contribution is 7.89. The number of carbonyl (C=O) groups is 3. The number of nitrogens with one attached hydrogen (secondary N) is 1. The number of hydrogen-bond donors (Lipinski definition) is 1. The van der Waals surface area contributed by atoms with Crippen molar-refractivity contribution >= 4 is 44.7 Å². The lowest BCUT2D eigenvalue weighted by molar-refractivity contribution is -0.153. The standard InChI is InChI=1S/C20H24N2O6S2/c1-13-7-8-15(30(26,27)22(3)4)12-16(13)21-20(25)14(2)28-19(24)10-9-17(23)18-6-5-11-29-18/h5-8,11-12,14H,9-10H2,1-4H3,(H,21,25). The van der Waals surface area contributed by atoms with Gasteiger partial charge in [-0.25, -0.2) is 12.7 Å². The molecule has 2 aromatic rings. The summed E-state index contributed by atoms with van der Waals surface area (Å²) in [6.07, 6.45) is -1.25. The fourth-order valence-electron chi connectivity index (χ4n) is 2.43. The number of Topliss-reactive ketones (excluding diaryl/α,β-unsaturated/α-hetero) is 1. The fraction of sp³-hybridized carbons (Fsp3) is 0.350. The number of esters is 1. The Morgan fingerprint density at radius 2 is 1.87 bits per heavy atom. The first-order valence-electron chi connectivity index (χ1n) is 9.12. The van der Waals surface area contributed by atoms with E-state index in [-0.39, 0.29) is 23.5 Å². The highest BCUT2D eigenvalue weighted by Crippen LogP contribution is 2.22. The van der Waals surface area contributed by atoms with E-state index in [0.29, 0.717) is 16.1 Å². The lowest BCUT2D eigenvalue weighted by Crippen LogP contribution is -2.30. The fourth-order valence-corrected chi connectivity index (χ4v) is 4.05. The van der Waals surface area contributed by atoms with Gasteiger partial charge in [0, 0.05) is 26.2 Å². The van der Waals surface area contributed by atoms with E-state index < -0.39 is 28.0 Å². The molecule has 0 aliphatic carbocycles. The summed E-state index contributed by atoms with van der Waals surface area (Å²) in [7, 11) is -0.830. The van der Waals surface area contributed by atoms with Gasteiger partial charge < -0.3 is 10.1 Å². The molecule has 1 amide bonds. The van der Waals surface area contributed by atoms with Crippen LogP contribution in [0.3, 0.4) is 0 Å². The highest BCUT2D eigenvalue weighted by atomic mass is 32.2. The topological polar surface area (TPSA) is 110 Å². The second-order valence-corrected chi connectivity index (χ2v) is 9.89. The van der Waals surface area contributed by atoms with Crippen molar-refractivity contribution < 1.29 is 27.5 Å². The Labute approximate surface area is 179 Å². The van der Waals surface area contributed by atoms with Gasteiger partial charge in [0.2, 0.25) is 10.0 Å². The average molecular weight is 453 g/mol. The lowest BCUT2D eigenvalue weighted by atomic mass is 10.2. The maximum absolute atomic E-state index is 12.4. The molecule has 8 nitrogen and oxygen atoms in total. The van der Waals surface area contributed by atoms with Gasteiger partial charge in [-0.1, -0.05) is 12.1 Å². The molecular formula is C20H24N2O6S2. The summed E-state index contributed by atoms with van der Waals surface area (Å²) >= 11 is 1.30. The van der Waals surface area contributed by atoms with Gasteiger partial charge in [-0.2, -0.15) is 0 Å². The zero-order valence-electron chi connectivity index (χ0n) is 17.2. The van der Waals surface area contributed by atoms with Gasteiger partial charge in [0.15, 0.2) is 11.9 Å². The monoisotopic (exact) mass is 452 g/mol. The number of sulfonamides is 1. The van der Waals surface area contributed by atoms with Crippen molar-refractivity contribution in [3.63, 3.8) is 0 Å². The van der Waals surface area contributed by atoms with Crippen LogP contribution in [0.5, 0.6) is 0 Å². The normalized spacial score (nSPS) is 12.4. The van der Waals surface area contributed by atoms with Crippen LogP contribution in [0.1, 0.15) is 35.0 Å². The Balaban J connectivity index is 1.97. The molecule has 0 radical (unpaired) electrons. The number of carbonyl (C=O) groups excluding carboxylic acids is 3. The summed E-state index contributed by atoms with van der Waals surface area (Å²) in [5, 5.41) is 4.37. The van der Waals surface area contributed by atoms with E-state index in [9.17, 15) is 22.8 Å². The number of ether oxygens (including phenoxy) is 1. The zero-order valence-corrected chi connectivity index (χ0v) is 18.8. The molecule has 1 heterocycles. The van der Waals surface area contributed by atoms with E-state index in [1.54, 1.807) is 30.5 Å². The van der Waals surface area contributed by atoms with Crippen molar-refractivity contribution in [2.75, 3.05) is 19.4 Å². The SMILES string of the molecule is Cc1ccc(S(=O)(=O)N(C)C)cc1NC(=O)C(C)OC(=O)CCC(=O)c1cccs1. The summed E-state index contributed by atoms with van der Waals surface area (Å²) in [4.78, 5) is 36.9. The first kappa shape index (κ1) is 23.7. The summed E-state index contributed by atoms with van der Waals surface area (Å²) in [5.74, 6) is -1.42. The van der Waals surface area contributed by atoms with Crippen LogP contribution in [-0.4, -0.2) is 50.6 Å². The maximum Gasteiger partial charge on any atom is 0.307 e. The number of aryl methyl sites for hydroxylation is 1. The Bertz CT molecular complexity index is 1030. The molecule has 162 valence electrons. The van der Waals surface area contributed by atoms with Crippen molar-refractivity contribution in [1.82, 2.24) is 4.31 Å². The van der Waals surface area contributed by atoms with Crippen molar-refractivity contribution in [3.05, 3.63) is 46.2 Å². The molecule has 0 saturated carbocycles. The van der Waals surface area contributed by atoms with Crippen LogP contribution in [0.15, 0.2) is 40.6 Å². The molecule has 1 N–H and O–H groups in total. The molecule has 2 rings (SSSR count). The van der Waals surface area contributed by atoms with Gasteiger partial charge in [0.25, 0.3) is 5.91 Å². The molecule has 0 bridgehead atoms. The summed E-state index contributed by atoms with van der Waals surface area (Å²) in [6, 6.07) is 7.83. The number of ketones is 1. The predicted octanol–water partition coefficient (Wildman–Crippen LogP) is 2.84. The molecule has 1 unspecified atom stereocenters.